The fraction of sp³-hybridized carbons (Fsp3) is 0.125. The first kappa shape index (κ1) is 15.3. The molecule has 0 saturated heterocycles. The van der Waals surface area contributed by atoms with E-state index in [2.05, 4.69) is 15.5 Å². The number of aliphatic hydroxyl groups excluding tert-OH is 1. The van der Waals surface area contributed by atoms with E-state index in [1.54, 1.807) is 24.3 Å². The van der Waals surface area contributed by atoms with Crippen LogP contribution in [0.5, 0.6) is 0 Å². The van der Waals surface area contributed by atoms with Crippen LogP contribution in [0.4, 0.5) is 0 Å². The number of hydrogen-bond donors (Lipinski definition) is 3. The Morgan fingerprint density at radius 3 is 2.87 bits per heavy atom. The molecular weight excluding hydrogens is 318 g/mol. The first-order valence-electron chi connectivity index (χ1n) is 6.94. The molecule has 3 N–H and O–H groups in total. The van der Waals surface area contributed by atoms with Gasteiger partial charge in [0.2, 0.25) is 0 Å². The van der Waals surface area contributed by atoms with Gasteiger partial charge < -0.3 is 14.8 Å². The van der Waals surface area contributed by atoms with E-state index in [4.69, 9.17) is 16.0 Å². The lowest BCUT2D eigenvalue weighted by atomic mass is 10.1. The zero-order valence-corrected chi connectivity index (χ0v) is 12.7. The summed E-state index contributed by atoms with van der Waals surface area (Å²) >= 11 is 6.12. The Morgan fingerprint density at radius 2 is 2.17 bits per heavy atom. The van der Waals surface area contributed by atoms with Crippen LogP contribution in [-0.4, -0.2) is 27.8 Å². The Kier molecular flexibility index (Phi) is 4.45. The van der Waals surface area contributed by atoms with Crippen LogP contribution in [0.25, 0.3) is 11.3 Å². The molecule has 1 amide bonds. The van der Waals surface area contributed by atoms with Crippen molar-refractivity contribution in [2.75, 3.05) is 6.61 Å². The van der Waals surface area contributed by atoms with Crippen LogP contribution in [-0.2, 0) is 0 Å². The zero-order valence-electron chi connectivity index (χ0n) is 12.0. The van der Waals surface area contributed by atoms with Gasteiger partial charge in [0, 0.05) is 5.56 Å². The summed E-state index contributed by atoms with van der Waals surface area (Å²) < 4.78 is 5.20. The van der Waals surface area contributed by atoms with Gasteiger partial charge in [-0.05, 0) is 24.3 Å². The van der Waals surface area contributed by atoms with Gasteiger partial charge in [0.15, 0.2) is 0 Å². The normalized spacial score (nSPS) is 12.1. The molecule has 0 aliphatic heterocycles. The topological polar surface area (TPSA) is 91.2 Å². The minimum atomic E-state index is -0.621. The lowest BCUT2D eigenvalue weighted by Gasteiger charge is -2.12. The van der Waals surface area contributed by atoms with E-state index < -0.39 is 11.9 Å². The average Bonchev–Trinajstić information content (AvgIpc) is 3.24. The Morgan fingerprint density at radius 1 is 1.35 bits per heavy atom. The second kappa shape index (κ2) is 6.68. The average molecular weight is 332 g/mol. The highest BCUT2D eigenvalue weighted by Crippen LogP contribution is 2.26. The molecule has 0 fully saturated rings. The molecule has 1 aromatic carbocycles. The number of furan rings is 1. The van der Waals surface area contributed by atoms with Crippen molar-refractivity contribution in [3.8, 4) is 11.3 Å². The number of carbonyl (C=O) groups excluding carboxylic acids is 1. The number of nitrogens with one attached hydrogen (secondary N) is 2. The highest BCUT2D eigenvalue weighted by molar-refractivity contribution is 6.33. The molecule has 1 unspecified atom stereocenters. The number of aliphatic hydroxyl groups is 1. The SMILES string of the molecule is O=C(NC(CO)c1ccco1)c1cc(-c2ccccc2Cl)n[nH]1. The molecule has 0 bridgehead atoms. The van der Waals surface area contributed by atoms with Crippen molar-refractivity contribution < 1.29 is 14.3 Å². The summed E-state index contributed by atoms with van der Waals surface area (Å²) in [6, 6.07) is 11.6. The predicted octanol–water partition coefficient (Wildman–Crippen LogP) is 2.79. The van der Waals surface area contributed by atoms with E-state index in [1.165, 1.54) is 6.26 Å². The fourth-order valence-electron chi connectivity index (χ4n) is 2.18. The number of aromatic nitrogens is 2. The second-order valence-electron chi connectivity index (χ2n) is 4.87. The van der Waals surface area contributed by atoms with Crippen LogP contribution in [0.1, 0.15) is 22.3 Å². The summed E-state index contributed by atoms with van der Waals surface area (Å²) in [5, 5.41) is 19.4. The van der Waals surface area contributed by atoms with E-state index in [0.717, 1.165) is 5.56 Å². The van der Waals surface area contributed by atoms with Crippen LogP contribution in [0.3, 0.4) is 0 Å². The molecule has 0 aliphatic rings. The van der Waals surface area contributed by atoms with Crippen LogP contribution >= 0.6 is 11.6 Å². The molecule has 1 atom stereocenters. The maximum Gasteiger partial charge on any atom is 0.269 e. The quantitative estimate of drug-likeness (QED) is 0.670. The van der Waals surface area contributed by atoms with Crippen molar-refractivity contribution in [2.45, 2.75) is 6.04 Å². The number of nitrogens with zero attached hydrogens (tertiary/aromatic N) is 1. The van der Waals surface area contributed by atoms with Gasteiger partial charge in [-0.25, -0.2) is 0 Å². The smallest absolute Gasteiger partial charge is 0.269 e. The summed E-state index contributed by atoms with van der Waals surface area (Å²) in [6.07, 6.45) is 1.48. The van der Waals surface area contributed by atoms with Crippen LogP contribution in [0, 0.1) is 0 Å². The van der Waals surface area contributed by atoms with Crippen molar-refractivity contribution in [3.63, 3.8) is 0 Å². The summed E-state index contributed by atoms with van der Waals surface area (Å²) in [6.45, 7) is -0.273. The third kappa shape index (κ3) is 3.28. The lowest BCUT2D eigenvalue weighted by molar-refractivity contribution is 0.0902. The van der Waals surface area contributed by atoms with E-state index in [1.807, 2.05) is 18.2 Å². The first-order chi connectivity index (χ1) is 11.2. The number of amides is 1. The number of hydrogen-bond acceptors (Lipinski definition) is 4. The van der Waals surface area contributed by atoms with Gasteiger partial charge in [-0.3, -0.25) is 9.89 Å². The maximum atomic E-state index is 12.3. The highest BCUT2D eigenvalue weighted by Gasteiger charge is 2.19. The Balaban J connectivity index is 1.78. The number of halogens is 1. The molecule has 3 aromatic rings. The second-order valence-corrected chi connectivity index (χ2v) is 5.28. The van der Waals surface area contributed by atoms with Crippen molar-refractivity contribution in [1.29, 1.82) is 0 Å². The van der Waals surface area contributed by atoms with Crippen molar-refractivity contribution in [3.05, 3.63) is 65.2 Å². The standard InChI is InChI=1S/C16H14ClN3O3/c17-11-5-2-1-4-10(11)12-8-13(20-19-12)16(22)18-14(9-21)15-6-3-7-23-15/h1-8,14,21H,9H2,(H,18,22)(H,19,20). The van der Waals surface area contributed by atoms with Crippen molar-refractivity contribution >= 4 is 17.5 Å². The van der Waals surface area contributed by atoms with E-state index >= 15 is 0 Å². The number of H-pyrrole nitrogens is 1. The number of carbonyl (C=O) groups is 1. The van der Waals surface area contributed by atoms with E-state index in [-0.39, 0.29) is 12.3 Å². The van der Waals surface area contributed by atoms with Crippen LogP contribution in [0.15, 0.2) is 53.1 Å². The van der Waals surface area contributed by atoms with E-state index in [0.29, 0.717) is 16.5 Å². The van der Waals surface area contributed by atoms with Gasteiger partial charge in [0.25, 0.3) is 5.91 Å². The molecule has 2 aromatic heterocycles. The molecule has 0 saturated carbocycles. The molecule has 2 heterocycles. The Bertz CT molecular complexity index is 799. The van der Waals surface area contributed by atoms with Crippen LogP contribution in [0.2, 0.25) is 5.02 Å². The molecule has 6 nitrogen and oxygen atoms in total. The third-order valence-electron chi connectivity index (χ3n) is 3.35. The first-order valence-corrected chi connectivity index (χ1v) is 7.32. The summed E-state index contributed by atoms with van der Waals surface area (Å²) in [7, 11) is 0. The molecule has 0 radical (unpaired) electrons. The summed E-state index contributed by atoms with van der Waals surface area (Å²) in [4.78, 5) is 12.3. The molecule has 0 aliphatic carbocycles. The molecule has 7 heteroatoms. The number of benzene rings is 1. The van der Waals surface area contributed by atoms with E-state index in [9.17, 15) is 9.90 Å². The van der Waals surface area contributed by atoms with Gasteiger partial charge in [-0.1, -0.05) is 29.8 Å². The molecular formula is C16H14ClN3O3. The van der Waals surface area contributed by atoms with Crippen molar-refractivity contribution in [1.82, 2.24) is 15.5 Å². The number of aromatic amines is 1. The summed E-state index contributed by atoms with van der Waals surface area (Å²) in [5.41, 5.74) is 1.57. The molecule has 118 valence electrons. The third-order valence-corrected chi connectivity index (χ3v) is 3.68. The Hall–Kier alpha value is -2.57. The van der Waals surface area contributed by atoms with Crippen molar-refractivity contribution in [2.24, 2.45) is 0 Å². The maximum absolute atomic E-state index is 12.3. The fourth-order valence-corrected chi connectivity index (χ4v) is 2.41. The molecule has 3 rings (SSSR count). The monoisotopic (exact) mass is 331 g/mol. The van der Waals surface area contributed by atoms with Gasteiger partial charge in [-0.15, -0.1) is 0 Å². The largest absolute Gasteiger partial charge is 0.467 e. The van der Waals surface area contributed by atoms with Gasteiger partial charge >= 0.3 is 0 Å². The highest BCUT2D eigenvalue weighted by atomic mass is 35.5. The van der Waals surface area contributed by atoms with Gasteiger partial charge in [-0.2, -0.15) is 5.10 Å². The summed E-state index contributed by atoms with van der Waals surface area (Å²) in [5.74, 6) is 0.0814. The lowest BCUT2D eigenvalue weighted by Crippen LogP contribution is -2.30. The molecule has 0 spiro atoms. The van der Waals surface area contributed by atoms with Crippen LogP contribution < -0.4 is 5.32 Å². The predicted molar refractivity (Wildman–Crippen MR) is 85.0 cm³/mol. The van der Waals surface area contributed by atoms with Gasteiger partial charge in [0.05, 0.1) is 23.6 Å². The minimum Gasteiger partial charge on any atom is -0.467 e. The zero-order chi connectivity index (χ0) is 16.2. The number of rotatable bonds is 5. The minimum absolute atomic E-state index is 0.268. The van der Waals surface area contributed by atoms with Gasteiger partial charge in [0.1, 0.15) is 17.5 Å². The molecule has 23 heavy (non-hydrogen) atoms. The Labute approximate surface area is 137 Å².